The Morgan fingerprint density at radius 1 is 1.02 bits per heavy atom. The number of amides is 2. The highest BCUT2D eigenvalue weighted by Gasteiger charge is 2.32. The maximum absolute atomic E-state index is 14.2. The predicted molar refractivity (Wildman–Crippen MR) is 177 cm³/mol. The number of alkyl halides is 3. The van der Waals surface area contributed by atoms with Gasteiger partial charge in [0.1, 0.15) is 18.6 Å². The van der Waals surface area contributed by atoms with E-state index in [1.54, 1.807) is 36.7 Å². The van der Waals surface area contributed by atoms with Crippen LogP contribution in [0.2, 0.25) is 5.02 Å². The van der Waals surface area contributed by atoms with E-state index in [1.807, 2.05) is 11.8 Å². The van der Waals surface area contributed by atoms with E-state index in [0.29, 0.717) is 17.1 Å². The topological polar surface area (TPSA) is 164 Å². The van der Waals surface area contributed by atoms with Crippen molar-refractivity contribution >= 4 is 46.0 Å². The molecule has 1 fully saturated rings. The molecule has 1 aliphatic heterocycles. The average molecular weight is 711 g/mol. The summed E-state index contributed by atoms with van der Waals surface area (Å²) in [6.45, 7) is 5.61. The van der Waals surface area contributed by atoms with Crippen molar-refractivity contribution in [2.75, 3.05) is 36.4 Å². The maximum atomic E-state index is 14.2. The summed E-state index contributed by atoms with van der Waals surface area (Å²) in [5, 5.41) is 21.7. The molecule has 4 aromatic heterocycles. The van der Waals surface area contributed by atoms with Crippen LogP contribution in [0.25, 0.3) is 16.9 Å². The van der Waals surface area contributed by atoms with Gasteiger partial charge in [-0.05, 0) is 50.6 Å². The molecule has 260 valence electrons. The Morgan fingerprint density at radius 2 is 1.76 bits per heavy atom. The summed E-state index contributed by atoms with van der Waals surface area (Å²) >= 11 is 6.11. The molecule has 0 radical (unpaired) electrons. The van der Waals surface area contributed by atoms with Crippen LogP contribution in [0.15, 0.2) is 47.7 Å². The highest BCUT2D eigenvalue weighted by atomic mass is 35.5. The summed E-state index contributed by atoms with van der Waals surface area (Å²) in [4.78, 5) is 57.5. The summed E-state index contributed by atoms with van der Waals surface area (Å²) in [6, 6.07) is 6.00. The Morgan fingerprint density at radius 3 is 2.42 bits per heavy atom. The van der Waals surface area contributed by atoms with E-state index in [-0.39, 0.29) is 83.8 Å². The second-order valence-corrected chi connectivity index (χ2v) is 12.0. The molecule has 50 heavy (non-hydrogen) atoms. The van der Waals surface area contributed by atoms with E-state index in [1.165, 1.54) is 16.0 Å². The molecule has 18 heteroatoms. The van der Waals surface area contributed by atoms with Gasteiger partial charge in [0.25, 0.3) is 5.91 Å². The third-order valence-corrected chi connectivity index (χ3v) is 8.60. The number of halogens is 4. The monoisotopic (exact) mass is 710 g/mol. The number of anilines is 2. The number of nitrogens with zero attached hydrogens (tertiary/aromatic N) is 9. The Bertz CT molecular complexity index is 2200. The van der Waals surface area contributed by atoms with Crippen LogP contribution >= 0.6 is 11.6 Å². The van der Waals surface area contributed by atoms with Crippen molar-refractivity contribution in [2.24, 2.45) is 0 Å². The molecule has 0 unspecified atom stereocenters. The average Bonchev–Trinajstić information content (AvgIpc) is 3.54. The summed E-state index contributed by atoms with van der Waals surface area (Å²) in [5.74, 6) is -1.42. The fraction of sp³-hybridized carbons (Fsp3) is 0.312. The van der Waals surface area contributed by atoms with Crippen LogP contribution in [0, 0.1) is 13.8 Å². The first kappa shape index (κ1) is 34.3. The number of carbonyl (C=O) groups is 2. The fourth-order valence-electron chi connectivity index (χ4n) is 5.78. The minimum atomic E-state index is -4.62. The summed E-state index contributed by atoms with van der Waals surface area (Å²) in [6.07, 6.45) is -1.57. The van der Waals surface area contributed by atoms with Gasteiger partial charge >= 0.3 is 6.18 Å². The number of hydrogen-bond acceptors (Lipinski definition) is 10. The Labute approximate surface area is 287 Å². The molecule has 0 saturated carbocycles. The number of fused-ring (bicyclic) bond motifs is 1. The van der Waals surface area contributed by atoms with Crippen LogP contribution in [0.3, 0.4) is 0 Å². The number of nitrogens with one attached hydrogen (secondary N) is 1. The predicted octanol–water partition coefficient (Wildman–Crippen LogP) is 3.93. The number of aromatic nitrogens is 7. The van der Waals surface area contributed by atoms with Crippen LogP contribution in [-0.4, -0.2) is 82.5 Å². The van der Waals surface area contributed by atoms with Gasteiger partial charge in [0.05, 0.1) is 27.7 Å². The van der Waals surface area contributed by atoms with Crippen molar-refractivity contribution in [2.45, 2.75) is 39.9 Å². The van der Waals surface area contributed by atoms with Crippen molar-refractivity contribution in [1.82, 2.24) is 39.4 Å². The van der Waals surface area contributed by atoms with Gasteiger partial charge in [-0.2, -0.15) is 13.2 Å². The van der Waals surface area contributed by atoms with E-state index in [0.717, 1.165) is 18.2 Å². The van der Waals surface area contributed by atoms with Gasteiger partial charge in [0.15, 0.2) is 22.6 Å². The van der Waals surface area contributed by atoms with Crippen LogP contribution in [0.1, 0.15) is 40.1 Å². The second kappa shape index (κ2) is 13.4. The number of aromatic hydroxyl groups is 1. The summed E-state index contributed by atoms with van der Waals surface area (Å²) in [5.41, 5.74) is 0.749. The van der Waals surface area contributed by atoms with E-state index in [9.17, 15) is 32.7 Å². The van der Waals surface area contributed by atoms with Gasteiger partial charge in [-0.25, -0.2) is 9.97 Å². The molecule has 1 aromatic carbocycles. The van der Waals surface area contributed by atoms with Gasteiger partial charge in [0, 0.05) is 43.8 Å². The third-order valence-electron chi connectivity index (χ3n) is 8.29. The Hall–Kier alpha value is -5.58. The van der Waals surface area contributed by atoms with E-state index in [2.05, 4.69) is 30.5 Å². The summed E-state index contributed by atoms with van der Waals surface area (Å²) < 4.78 is 41.1. The molecule has 5 heterocycles. The molecule has 0 bridgehead atoms. The molecular weight excluding hydrogens is 681 g/mol. The molecule has 0 spiro atoms. The molecule has 1 saturated heterocycles. The highest BCUT2D eigenvalue weighted by molar-refractivity contribution is 6.33. The minimum absolute atomic E-state index is 0.0214. The molecule has 2 amide bonds. The van der Waals surface area contributed by atoms with Crippen molar-refractivity contribution in [3.05, 3.63) is 86.4 Å². The number of benzene rings is 1. The van der Waals surface area contributed by atoms with E-state index >= 15 is 0 Å². The number of piperazine rings is 1. The minimum Gasteiger partial charge on any atom is -0.504 e. The van der Waals surface area contributed by atoms with Gasteiger partial charge in [0.2, 0.25) is 11.3 Å². The van der Waals surface area contributed by atoms with Crippen LogP contribution in [-0.2, 0) is 23.9 Å². The fourth-order valence-corrected chi connectivity index (χ4v) is 6.01. The zero-order valence-electron chi connectivity index (χ0n) is 27.0. The quantitative estimate of drug-likeness (QED) is 0.253. The Balaban J connectivity index is 1.37. The van der Waals surface area contributed by atoms with Crippen molar-refractivity contribution in [1.29, 1.82) is 0 Å². The number of rotatable bonds is 7. The SMILES string of the molecule is CCc1c(N2CCN(C(=O)c3ncnc(C)c3O)CC2)c(=O)c2nn(-c3ccnc(C)c3)nc2n1CC(=O)Nc1ccc(C(F)(F)F)cc1Cl. The molecule has 0 aliphatic carbocycles. The van der Waals surface area contributed by atoms with Gasteiger partial charge < -0.3 is 24.8 Å². The van der Waals surface area contributed by atoms with Crippen LogP contribution in [0.4, 0.5) is 24.5 Å². The van der Waals surface area contributed by atoms with Gasteiger partial charge in [-0.3, -0.25) is 19.4 Å². The highest BCUT2D eigenvalue weighted by Crippen LogP contribution is 2.34. The third kappa shape index (κ3) is 6.55. The van der Waals surface area contributed by atoms with Gasteiger partial charge in [-0.1, -0.05) is 18.5 Å². The first-order valence-corrected chi connectivity index (χ1v) is 15.8. The lowest BCUT2D eigenvalue weighted by molar-refractivity contribution is -0.137. The van der Waals surface area contributed by atoms with Crippen LogP contribution < -0.4 is 15.6 Å². The number of hydrogen-bond donors (Lipinski definition) is 2. The van der Waals surface area contributed by atoms with Crippen molar-refractivity contribution < 1.29 is 27.9 Å². The number of carbonyl (C=O) groups excluding carboxylic acids is 2. The molecule has 2 N–H and O–H groups in total. The molecular formula is C32H30ClF3N10O4. The second-order valence-electron chi connectivity index (χ2n) is 11.6. The molecule has 14 nitrogen and oxygen atoms in total. The maximum Gasteiger partial charge on any atom is 0.416 e. The molecule has 1 aliphatic rings. The normalized spacial score (nSPS) is 13.6. The molecule has 5 aromatic rings. The first-order valence-electron chi connectivity index (χ1n) is 15.4. The van der Waals surface area contributed by atoms with Gasteiger partial charge in [-0.15, -0.1) is 15.0 Å². The summed E-state index contributed by atoms with van der Waals surface area (Å²) in [7, 11) is 0. The Kier molecular flexibility index (Phi) is 9.17. The lowest BCUT2D eigenvalue weighted by atomic mass is 10.1. The molecule has 6 rings (SSSR count). The number of aryl methyl sites for hydroxylation is 2. The standard InChI is InChI=1S/C32H30ClF3N10O4/c1-4-23-27(43-9-11-44(12-10-43)31(50)26-28(48)18(3)38-16-39-26)29(49)25-30(42-46(41-25)20-7-8-37-17(2)13-20)45(23)15-24(47)40-22-6-5-19(14-21(22)33)32(34,35)36/h5-8,13-14,16,48H,4,9-12,15H2,1-3H3,(H,40,47). The lowest BCUT2D eigenvalue weighted by Gasteiger charge is -2.36. The van der Waals surface area contributed by atoms with E-state index < -0.39 is 29.0 Å². The van der Waals surface area contributed by atoms with Crippen molar-refractivity contribution in [3.63, 3.8) is 0 Å². The van der Waals surface area contributed by atoms with Crippen LogP contribution in [0.5, 0.6) is 5.75 Å². The zero-order valence-corrected chi connectivity index (χ0v) is 27.7. The smallest absolute Gasteiger partial charge is 0.416 e. The molecule has 0 atom stereocenters. The zero-order chi connectivity index (χ0) is 35.9. The number of pyridine rings is 2. The lowest BCUT2D eigenvalue weighted by Crippen LogP contribution is -2.50. The van der Waals surface area contributed by atoms with Crippen molar-refractivity contribution in [3.8, 4) is 11.4 Å². The first-order chi connectivity index (χ1) is 23.8. The largest absolute Gasteiger partial charge is 0.504 e. The van der Waals surface area contributed by atoms with E-state index in [4.69, 9.17) is 11.6 Å².